The molecule has 0 fully saturated rings. The molecule has 0 saturated carbocycles. The smallest absolute Gasteiger partial charge is 0.0473 e. The number of allylic oxidation sites excluding steroid dienone is 1. The van der Waals surface area contributed by atoms with Gasteiger partial charge in [-0.25, -0.2) is 0 Å². The lowest BCUT2D eigenvalue weighted by atomic mass is 10.8. The van der Waals surface area contributed by atoms with E-state index in [0.29, 0.717) is 0 Å². The van der Waals surface area contributed by atoms with Crippen molar-refractivity contribution in [2.75, 3.05) is 0 Å². The average molecular weight is 126 g/mol. The van der Waals surface area contributed by atoms with Gasteiger partial charge in [0.2, 0.25) is 0 Å². The van der Waals surface area contributed by atoms with Crippen LogP contribution in [0.3, 0.4) is 0 Å². The minimum absolute atomic E-state index is 1.75. The molecule has 0 amide bonds. The molecule has 0 rings (SSSR count). The molecule has 0 saturated heterocycles. The third kappa shape index (κ3) is 158. The van der Waals surface area contributed by atoms with Crippen LogP contribution >= 0.6 is 0 Å². The minimum atomic E-state index is 1.75. The van der Waals surface area contributed by atoms with Crippen LogP contribution in [0.2, 0.25) is 0 Å². The van der Waals surface area contributed by atoms with Gasteiger partial charge < -0.3 is 0 Å². The molecule has 0 aliphatic carbocycles. The molecule has 0 aliphatic heterocycles. The maximum absolute atomic E-state index is 3.36. The van der Waals surface area contributed by atoms with Crippen LogP contribution in [0.1, 0.15) is 6.92 Å². The highest BCUT2D eigenvalue weighted by Crippen LogP contribution is 1.38. The van der Waals surface area contributed by atoms with Crippen molar-refractivity contribution in [1.29, 1.82) is 0 Å². The Morgan fingerprint density at radius 2 is 0.778 bits per heavy atom. The summed E-state index contributed by atoms with van der Waals surface area (Å²) in [6, 6.07) is 0. The van der Waals surface area contributed by atoms with Crippen LogP contribution in [-0.2, 0) is 0 Å². The van der Waals surface area contributed by atoms with Gasteiger partial charge in [0.15, 0.2) is 0 Å². The molecule has 0 heterocycles. The summed E-state index contributed by atoms with van der Waals surface area (Å²) in [6.45, 7) is 23.2. The molecule has 0 N–H and O–H groups in total. The second-order valence-electron chi connectivity index (χ2n) is 0.408. The van der Waals surface area contributed by atoms with Gasteiger partial charge in [-0.2, -0.15) is 0 Å². The summed E-state index contributed by atoms with van der Waals surface area (Å²) >= 11 is 0. The first-order valence-corrected chi connectivity index (χ1v) is 2.49. The Labute approximate surface area is 59.9 Å². The second kappa shape index (κ2) is 155000. The van der Waals surface area contributed by atoms with Crippen LogP contribution < -0.4 is 0 Å². The zero-order valence-electron chi connectivity index (χ0n) is 6.53. The van der Waals surface area contributed by atoms with Crippen LogP contribution in [-0.4, -0.2) is 0 Å². The monoisotopic (exact) mass is 126 g/mol. The normalized spacial score (nSPS) is 2.78. The van der Waals surface area contributed by atoms with E-state index in [9.17, 15) is 0 Å². The first-order chi connectivity index (χ1) is 4.41. The van der Waals surface area contributed by atoms with E-state index in [2.05, 4.69) is 46.1 Å². The molecule has 0 aromatic rings. The van der Waals surface area contributed by atoms with Crippen molar-refractivity contribution in [2.45, 2.75) is 6.92 Å². The number of rotatable bonds is 0. The van der Waals surface area contributed by atoms with Crippen LogP contribution in [0.4, 0.5) is 0 Å². The fraction of sp³-hybridized carbons (Fsp3) is 0.111. The summed E-state index contributed by atoms with van der Waals surface area (Å²) in [5.74, 6) is 0. The van der Waals surface area contributed by atoms with Crippen LogP contribution in [0, 0.1) is 0 Å². The van der Waals surface area contributed by atoms with Crippen molar-refractivity contribution in [2.24, 2.45) is 0 Å². The first kappa shape index (κ1) is 24.6. The summed E-state index contributed by atoms with van der Waals surface area (Å²) in [4.78, 5) is 0. The van der Waals surface area contributed by atoms with Gasteiger partial charge in [0.05, 0.1) is 0 Å². The lowest BCUT2D eigenvalue weighted by Crippen LogP contribution is -1.07. The summed E-state index contributed by atoms with van der Waals surface area (Å²) in [6.07, 6.45) is 1.75. The zero-order valence-corrected chi connectivity index (χ0v) is 6.53. The molecule has 0 spiro atoms. The predicted octanol–water partition coefficient (Wildman–Crippen LogP) is 3.60. The Hall–Kier alpha value is -1.04. The summed E-state index contributed by atoms with van der Waals surface area (Å²) in [5, 5.41) is 0. The highest BCUT2D eigenvalue weighted by atomic mass is 13.2. The molecule has 0 heteroatoms. The van der Waals surface area contributed by atoms with Gasteiger partial charge in [0.1, 0.15) is 0 Å². The van der Waals surface area contributed by atoms with Gasteiger partial charge in [-0.15, -0.1) is 46.1 Å². The molecule has 0 radical (unpaired) electrons. The molecule has 0 aromatic heterocycles. The van der Waals surface area contributed by atoms with Crippen molar-refractivity contribution >= 4 is 0 Å². The van der Waals surface area contributed by atoms with Gasteiger partial charge >= 0.3 is 0 Å². The van der Waals surface area contributed by atoms with E-state index in [-0.39, 0.29) is 0 Å². The van der Waals surface area contributed by atoms with Crippen LogP contribution in [0.25, 0.3) is 0 Å². The van der Waals surface area contributed by atoms with Gasteiger partial charge in [-0.1, -0.05) is 6.08 Å². The maximum atomic E-state index is 3.36. The highest BCUT2D eigenvalue weighted by Gasteiger charge is 1.15. The van der Waals surface area contributed by atoms with E-state index in [1.165, 1.54) is 0 Å². The maximum Gasteiger partial charge on any atom is -0.0473 e. The molecule has 0 aliphatic rings. The zero-order chi connectivity index (χ0) is 8.71. The summed E-state index contributed by atoms with van der Waals surface area (Å²) < 4.78 is 0. The molecular formula is C9H18. The fourth-order valence-electron chi connectivity index (χ4n) is 0. The van der Waals surface area contributed by atoms with E-state index in [4.69, 9.17) is 0 Å². The van der Waals surface area contributed by atoms with Gasteiger partial charge in [0.25, 0.3) is 0 Å². The second-order valence-corrected chi connectivity index (χ2v) is 0.408. The molecule has 0 atom stereocenters. The standard InChI is InChI=1S/C3H6.3C2H4/c1-3-2;3*1-2/h3H,1H2,2H3;3*1-2H2. The van der Waals surface area contributed by atoms with Crippen molar-refractivity contribution in [1.82, 2.24) is 0 Å². The molecular weight excluding hydrogens is 108 g/mol. The molecule has 9 heavy (non-hydrogen) atoms. The van der Waals surface area contributed by atoms with E-state index in [1.54, 1.807) is 6.08 Å². The van der Waals surface area contributed by atoms with Crippen molar-refractivity contribution in [3.8, 4) is 0 Å². The fourth-order valence-corrected chi connectivity index (χ4v) is 0. The quantitative estimate of drug-likeness (QED) is 0.435. The highest BCUT2D eigenvalue weighted by molar-refractivity contribution is 4.51. The van der Waals surface area contributed by atoms with Gasteiger partial charge in [0, 0.05) is 0 Å². The molecule has 54 valence electrons. The largest absolute Gasteiger partial charge is 0.106 e. The minimum Gasteiger partial charge on any atom is -0.106 e. The predicted molar refractivity (Wildman–Crippen MR) is 49.6 cm³/mol. The average Bonchev–Trinajstić information content (AvgIpc) is 2.01. The third-order valence-corrected chi connectivity index (χ3v) is 0. The van der Waals surface area contributed by atoms with Gasteiger partial charge in [-0.3, -0.25) is 0 Å². The van der Waals surface area contributed by atoms with E-state index in [0.717, 1.165) is 0 Å². The van der Waals surface area contributed by atoms with Crippen molar-refractivity contribution < 1.29 is 0 Å². The van der Waals surface area contributed by atoms with Gasteiger partial charge in [-0.05, 0) is 6.92 Å². The lowest BCUT2D eigenvalue weighted by molar-refractivity contribution is 1.80. The van der Waals surface area contributed by atoms with E-state index < -0.39 is 0 Å². The lowest BCUT2D eigenvalue weighted by Gasteiger charge is -1.31. The molecule has 0 unspecified atom stereocenters. The van der Waals surface area contributed by atoms with Crippen LogP contribution in [0.5, 0.6) is 0 Å². The first-order valence-electron chi connectivity index (χ1n) is 2.49. The Morgan fingerprint density at radius 3 is 0.778 bits per heavy atom. The Bertz CT molecular complexity index is 24.3. The topological polar surface area (TPSA) is 0 Å². The summed E-state index contributed by atoms with van der Waals surface area (Å²) in [5.41, 5.74) is 0. The van der Waals surface area contributed by atoms with Crippen LogP contribution in [0.15, 0.2) is 52.1 Å². The molecule has 0 aromatic carbocycles. The van der Waals surface area contributed by atoms with E-state index >= 15 is 0 Å². The van der Waals surface area contributed by atoms with E-state index in [1.807, 2.05) is 6.92 Å². The summed E-state index contributed by atoms with van der Waals surface area (Å²) in [7, 11) is 0. The Morgan fingerprint density at radius 1 is 0.778 bits per heavy atom. The Kier molecular flexibility index (Phi) is 422000. The molecule has 0 nitrogen and oxygen atoms in total. The molecule has 0 bridgehead atoms. The Balaban J connectivity index is -0.0000000190. The third-order valence-electron chi connectivity index (χ3n) is 0. The van der Waals surface area contributed by atoms with Crippen molar-refractivity contribution in [3.63, 3.8) is 0 Å². The number of hydrogen-bond acceptors (Lipinski definition) is 0. The SMILES string of the molecule is C=C.C=C.C=C.C=CC. The number of hydrogen-bond donors (Lipinski definition) is 0. The van der Waals surface area contributed by atoms with Crippen molar-refractivity contribution in [3.05, 3.63) is 52.1 Å².